The number of rotatable bonds is 7. The van der Waals surface area contributed by atoms with Crippen molar-refractivity contribution < 1.29 is 0 Å². The zero-order valence-electron chi connectivity index (χ0n) is 20.0. The summed E-state index contributed by atoms with van der Waals surface area (Å²) in [6, 6.07) is 16.3. The number of aromatic nitrogens is 8. The fourth-order valence-corrected chi connectivity index (χ4v) is 4.94. The van der Waals surface area contributed by atoms with Crippen molar-refractivity contribution in [1.29, 1.82) is 0 Å². The van der Waals surface area contributed by atoms with Crippen LogP contribution in [0.25, 0.3) is 33.5 Å². The number of nitrogens with one attached hydrogen (secondary N) is 2. The summed E-state index contributed by atoms with van der Waals surface area (Å²) in [5, 5.41) is 22.5. The zero-order valence-corrected chi connectivity index (χ0v) is 20.8. The van der Waals surface area contributed by atoms with Crippen LogP contribution in [0.2, 0.25) is 0 Å². The summed E-state index contributed by atoms with van der Waals surface area (Å²) >= 11 is 1.60. The van der Waals surface area contributed by atoms with Gasteiger partial charge < -0.3 is 4.57 Å². The van der Waals surface area contributed by atoms with Gasteiger partial charge in [0, 0.05) is 23.3 Å². The van der Waals surface area contributed by atoms with Gasteiger partial charge in [-0.05, 0) is 21.9 Å². The van der Waals surface area contributed by atoms with Crippen LogP contribution in [-0.4, -0.2) is 45.6 Å². The predicted molar refractivity (Wildman–Crippen MR) is 137 cm³/mol. The lowest BCUT2D eigenvalue weighted by Crippen LogP contribution is -2.15. The van der Waals surface area contributed by atoms with Gasteiger partial charge in [0.25, 0.3) is 5.56 Å². The van der Waals surface area contributed by atoms with Crippen molar-refractivity contribution in [3.05, 3.63) is 70.3 Å². The summed E-state index contributed by atoms with van der Waals surface area (Å²) in [6.07, 6.45) is 0. The first-order valence-corrected chi connectivity index (χ1v) is 12.4. The highest BCUT2D eigenvalue weighted by Gasteiger charge is 2.21. The molecule has 3 heterocycles. The molecule has 9 nitrogen and oxygen atoms in total. The Hall–Kier alpha value is -3.79. The topological polar surface area (TPSA) is 118 Å². The van der Waals surface area contributed by atoms with Crippen molar-refractivity contribution in [2.45, 2.75) is 50.4 Å². The molecule has 5 rings (SSSR count). The number of benzene rings is 2. The molecule has 0 unspecified atom stereocenters. The molecule has 0 aliphatic rings. The summed E-state index contributed by atoms with van der Waals surface area (Å²) in [5.74, 6) is 1.58. The second-order valence-corrected chi connectivity index (χ2v) is 10.5. The Morgan fingerprint density at radius 2 is 1.71 bits per heavy atom. The molecule has 0 saturated carbocycles. The number of tetrazole rings is 1. The third kappa shape index (κ3) is 4.49. The first-order chi connectivity index (χ1) is 16.9. The van der Waals surface area contributed by atoms with Gasteiger partial charge in [0.2, 0.25) is 5.82 Å². The summed E-state index contributed by atoms with van der Waals surface area (Å²) in [7, 11) is 0. The number of H-pyrrole nitrogens is 2. The first-order valence-electron chi connectivity index (χ1n) is 11.5. The molecule has 2 N–H and O–H groups in total. The van der Waals surface area contributed by atoms with Crippen molar-refractivity contribution in [2.75, 3.05) is 0 Å². The Morgan fingerprint density at radius 1 is 0.971 bits per heavy atom. The van der Waals surface area contributed by atoms with Crippen LogP contribution >= 0.6 is 11.8 Å². The van der Waals surface area contributed by atoms with Crippen molar-refractivity contribution in [3.8, 4) is 22.5 Å². The smallest absolute Gasteiger partial charge is 0.290 e. The Bertz CT molecular complexity index is 1520. The Kier molecular flexibility index (Phi) is 6.21. The molecule has 0 radical (unpaired) electrons. The molecule has 10 heteroatoms. The molecule has 0 amide bonds. The molecule has 0 spiro atoms. The molecule has 0 bridgehead atoms. The van der Waals surface area contributed by atoms with E-state index in [9.17, 15) is 4.79 Å². The molecule has 0 aliphatic carbocycles. The molecule has 0 saturated heterocycles. The average molecular weight is 487 g/mol. The molecular formula is C25H26N8OS. The van der Waals surface area contributed by atoms with Crippen LogP contribution in [-0.2, 0) is 6.54 Å². The van der Waals surface area contributed by atoms with E-state index in [1.165, 1.54) is 0 Å². The largest absolute Gasteiger partial charge is 0.319 e. The van der Waals surface area contributed by atoms with Crippen LogP contribution in [0.5, 0.6) is 0 Å². The monoisotopic (exact) mass is 486 g/mol. The average Bonchev–Trinajstić information content (AvgIpc) is 3.51. The van der Waals surface area contributed by atoms with E-state index in [-0.39, 0.29) is 11.5 Å². The highest BCUT2D eigenvalue weighted by molar-refractivity contribution is 8.00. The van der Waals surface area contributed by atoms with Crippen molar-refractivity contribution in [3.63, 3.8) is 0 Å². The van der Waals surface area contributed by atoms with E-state index < -0.39 is 0 Å². The molecule has 0 aliphatic heterocycles. The molecule has 0 fully saturated rings. The van der Waals surface area contributed by atoms with Gasteiger partial charge in [-0.25, -0.2) is 10.1 Å². The van der Waals surface area contributed by atoms with Crippen LogP contribution in [0.4, 0.5) is 0 Å². The number of hydrogen-bond acceptors (Lipinski definition) is 7. The Balaban J connectivity index is 1.53. The minimum Gasteiger partial charge on any atom is -0.319 e. The SMILES string of the molecule is CC(C)Sc1n[nH]c(=O)c2c1nc(C(C)C)n2Cc1ccc(-c2ccccc2-c2nn[nH]n2)cc1. The maximum Gasteiger partial charge on any atom is 0.290 e. The zero-order chi connectivity index (χ0) is 24.5. The van der Waals surface area contributed by atoms with Gasteiger partial charge in [-0.2, -0.15) is 10.3 Å². The van der Waals surface area contributed by atoms with E-state index in [2.05, 4.69) is 82.8 Å². The van der Waals surface area contributed by atoms with E-state index in [1.807, 2.05) is 28.8 Å². The van der Waals surface area contributed by atoms with Crippen LogP contribution in [0.1, 0.15) is 45.0 Å². The minimum atomic E-state index is -0.224. The fourth-order valence-electron chi connectivity index (χ4n) is 4.14. The first kappa shape index (κ1) is 23.0. The lowest BCUT2D eigenvalue weighted by atomic mass is 9.98. The highest BCUT2D eigenvalue weighted by Crippen LogP contribution is 2.31. The number of thioether (sulfide) groups is 1. The van der Waals surface area contributed by atoms with Gasteiger partial charge in [0.15, 0.2) is 0 Å². The Morgan fingerprint density at radius 3 is 2.37 bits per heavy atom. The fraction of sp³-hybridized carbons (Fsp3) is 0.280. The minimum absolute atomic E-state index is 0.153. The molecule has 178 valence electrons. The van der Waals surface area contributed by atoms with Gasteiger partial charge in [-0.1, -0.05) is 88.0 Å². The number of fused-ring (bicyclic) bond motifs is 1. The second-order valence-electron chi connectivity index (χ2n) is 8.91. The lowest BCUT2D eigenvalue weighted by Gasteiger charge is -2.12. The second kappa shape index (κ2) is 9.46. The standard InChI is InChI=1S/C25H26N8OS/c1-14(2)23-26-20-21(24(34)29-30-25(20)35-15(3)4)33(23)13-16-9-11-17(12-10-16)18-7-5-6-8-19(18)22-27-31-32-28-22/h5-12,14-15H,13H2,1-4H3,(H,29,34)(H,27,28,31,32). The van der Waals surface area contributed by atoms with E-state index in [1.54, 1.807) is 11.8 Å². The summed E-state index contributed by atoms with van der Waals surface area (Å²) < 4.78 is 2.02. The van der Waals surface area contributed by atoms with Gasteiger partial charge in [-0.3, -0.25) is 4.79 Å². The van der Waals surface area contributed by atoms with Crippen LogP contribution in [0.3, 0.4) is 0 Å². The van der Waals surface area contributed by atoms with Gasteiger partial charge >= 0.3 is 0 Å². The summed E-state index contributed by atoms with van der Waals surface area (Å²) in [6.45, 7) is 8.92. The Labute approximate surface area is 206 Å². The maximum atomic E-state index is 12.8. The van der Waals surface area contributed by atoms with Crippen molar-refractivity contribution >= 4 is 22.8 Å². The highest BCUT2D eigenvalue weighted by atomic mass is 32.2. The van der Waals surface area contributed by atoms with E-state index >= 15 is 0 Å². The van der Waals surface area contributed by atoms with Crippen molar-refractivity contribution in [2.24, 2.45) is 0 Å². The third-order valence-electron chi connectivity index (χ3n) is 5.66. The third-order valence-corrected chi connectivity index (χ3v) is 6.64. The van der Waals surface area contributed by atoms with Gasteiger partial charge in [0.1, 0.15) is 21.9 Å². The molecule has 2 aromatic carbocycles. The number of hydrogen-bond donors (Lipinski definition) is 2. The summed E-state index contributed by atoms with van der Waals surface area (Å²) in [5.41, 5.74) is 5.06. The predicted octanol–water partition coefficient (Wildman–Crippen LogP) is 4.64. The van der Waals surface area contributed by atoms with Gasteiger partial charge in [-0.15, -0.1) is 10.2 Å². The van der Waals surface area contributed by atoms with Crippen LogP contribution in [0, 0.1) is 0 Å². The number of imidazole rings is 1. The number of aromatic amines is 2. The maximum absolute atomic E-state index is 12.8. The van der Waals surface area contributed by atoms with Crippen LogP contribution < -0.4 is 5.56 Å². The normalized spacial score (nSPS) is 11.7. The van der Waals surface area contributed by atoms with Gasteiger partial charge in [0.05, 0.1) is 0 Å². The van der Waals surface area contributed by atoms with Crippen molar-refractivity contribution in [1.82, 2.24) is 40.4 Å². The molecular weight excluding hydrogens is 460 g/mol. The van der Waals surface area contributed by atoms with E-state index in [0.717, 1.165) is 33.1 Å². The van der Waals surface area contributed by atoms with E-state index in [4.69, 9.17) is 4.98 Å². The molecule has 0 atom stereocenters. The molecule has 3 aromatic heterocycles. The van der Waals surface area contributed by atoms with E-state index in [0.29, 0.717) is 28.7 Å². The van der Waals surface area contributed by atoms with Crippen LogP contribution in [0.15, 0.2) is 58.4 Å². The lowest BCUT2D eigenvalue weighted by molar-refractivity contribution is 0.681. The molecule has 35 heavy (non-hydrogen) atoms. The summed E-state index contributed by atoms with van der Waals surface area (Å²) in [4.78, 5) is 17.7. The molecule has 5 aromatic rings. The quantitative estimate of drug-likeness (QED) is 0.322. The number of nitrogens with zero attached hydrogens (tertiary/aromatic N) is 6.